The summed E-state index contributed by atoms with van der Waals surface area (Å²) in [5.41, 5.74) is 5.41. The predicted octanol–water partition coefficient (Wildman–Crippen LogP) is 7.13. The van der Waals surface area contributed by atoms with Gasteiger partial charge in [-0.25, -0.2) is 4.79 Å². The number of phenols is 1. The number of aliphatic hydroxyl groups is 1. The minimum Gasteiger partial charge on any atom is -0.506 e. The third-order valence-electron chi connectivity index (χ3n) is 9.90. The molecule has 11 nitrogen and oxygen atoms in total. The molecule has 5 aromatic rings. The number of hydrogen-bond donors (Lipinski definition) is 6. The van der Waals surface area contributed by atoms with Crippen LogP contribution in [0.5, 0.6) is 5.75 Å². The normalized spacial score (nSPS) is 14.7. The number of carbonyl (C=O) groups is 2. The van der Waals surface area contributed by atoms with Crippen molar-refractivity contribution in [3.8, 4) is 16.9 Å². The van der Waals surface area contributed by atoms with E-state index in [-0.39, 0.29) is 41.8 Å². The average molecular weight is 753 g/mol. The van der Waals surface area contributed by atoms with Gasteiger partial charge in [0.1, 0.15) is 11.9 Å². The van der Waals surface area contributed by atoms with Gasteiger partial charge in [0.2, 0.25) is 11.5 Å². The maximum atomic E-state index is 13.0. The van der Waals surface area contributed by atoms with Crippen molar-refractivity contribution in [2.24, 2.45) is 0 Å². The van der Waals surface area contributed by atoms with Crippen LogP contribution in [-0.2, 0) is 22.5 Å². The van der Waals surface area contributed by atoms with Crippen LogP contribution in [0.15, 0.2) is 95.8 Å². The Morgan fingerprint density at radius 1 is 0.926 bits per heavy atom. The molecule has 0 unspecified atom stereocenters. The lowest BCUT2D eigenvalue weighted by molar-refractivity contribution is -0.896. The zero-order valence-electron chi connectivity index (χ0n) is 30.5. The molecule has 0 radical (unpaired) electrons. The second-order valence-electron chi connectivity index (χ2n) is 14.5. The molecule has 2 heterocycles. The first kappa shape index (κ1) is 38.5. The van der Waals surface area contributed by atoms with Crippen LogP contribution in [0.1, 0.15) is 48.5 Å². The van der Waals surface area contributed by atoms with Gasteiger partial charge in [0.25, 0.3) is 0 Å². The molecule has 6 N–H and O–H groups in total. The Kier molecular flexibility index (Phi) is 12.3. The van der Waals surface area contributed by atoms with Crippen molar-refractivity contribution in [3.63, 3.8) is 0 Å². The number of nitrogens with one attached hydrogen (secondary N) is 4. The monoisotopic (exact) mass is 752 g/mol. The Bertz CT molecular complexity index is 2160. The number of aromatic nitrogens is 1. The van der Waals surface area contributed by atoms with Gasteiger partial charge < -0.3 is 35.1 Å². The molecule has 282 valence electrons. The highest BCUT2D eigenvalue weighted by atomic mass is 35.5. The number of benzene rings is 4. The van der Waals surface area contributed by atoms with Crippen LogP contribution in [0.25, 0.3) is 22.0 Å². The number of likely N-dealkylation sites (tertiary alicyclic amines) is 1. The number of piperidine rings is 1. The molecular weight excluding hydrogens is 706 g/mol. The number of aryl methyl sites for hydroxylation is 1. The molecule has 0 saturated carbocycles. The molecule has 1 aromatic heterocycles. The summed E-state index contributed by atoms with van der Waals surface area (Å²) in [4.78, 5) is 40.3. The maximum Gasteiger partial charge on any atom is 0.411 e. The third-order valence-corrected chi connectivity index (χ3v) is 10.2. The van der Waals surface area contributed by atoms with E-state index in [1.807, 2.05) is 54.6 Å². The highest BCUT2D eigenvalue weighted by Gasteiger charge is 2.28. The minimum atomic E-state index is -0.895. The fourth-order valence-electron chi connectivity index (χ4n) is 6.82. The van der Waals surface area contributed by atoms with E-state index in [2.05, 4.69) is 35.0 Å². The molecule has 1 atom stereocenters. The van der Waals surface area contributed by atoms with Gasteiger partial charge in [0.15, 0.2) is 0 Å². The Morgan fingerprint density at radius 3 is 2.44 bits per heavy atom. The summed E-state index contributed by atoms with van der Waals surface area (Å²) in [5, 5.41) is 31.0. The first-order chi connectivity index (χ1) is 25.9. The summed E-state index contributed by atoms with van der Waals surface area (Å²) in [6.45, 7) is 2.55. The zero-order chi connectivity index (χ0) is 38.2. The second-order valence-corrected chi connectivity index (χ2v) is 14.9. The molecule has 1 saturated heterocycles. The first-order valence-corrected chi connectivity index (χ1v) is 18.6. The topological polar surface area (TPSA) is 153 Å². The standard InChI is InChI=1S/C42H46ClN5O6/c1-48(2)21-19-30(20-22-48)54-42(53)46-36-24-27(11-13-31(36)29-8-4-3-5-9-29)7-6-10-39(51)45-35-16-12-28(23-34(35)43)25-44-26-38(50)32-14-17-37(49)41-33(32)15-18-40(52)47-41/h3-5,8-9,11-18,23-24,30,38,44,50H,6-7,10,19-22,25-26H2,1-2H3,(H3-,45,46,47,49,51,52,53)/p+1/t38-/m0/s1. The molecule has 1 aliphatic heterocycles. The Labute approximate surface area is 319 Å². The van der Waals surface area contributed by atoms with Crippen molar-refractivity contribution < 1.29 is 29.0 Å². The molecule has 0 aliphatic carbocycles. The number of phenolic OH excluding ortho intramolecular Hbond substituents is 1. The van der Waals surface area contributed by atoms with Gasteiger partial charge in [-0.2, -0.15) is 0 Å². The van der Waals surface area contributed by atoms with Crippen molar-refractivity contribution in [1.82, 2.24) is 10.3 Å². The SMILES string of the molecule is C[N+]1(C)CCC(OC(=O)Nc2cc(CCCC(=O)Nc3ccc(CNC[C@H](O)c4ccc(O)c5[nH]c(=O)ccc45)cc3Cl)ccc2-c2ccccc2)CC1. The Morgan fingerprint density at radius 2 is 1.69 bits per heavy atom. The Hall–Kier alpha value is -5.20. The van der Waals surface area contributed by atoms with Gasteiger partial charge >= 0.3 is 6.09 Å². The van der Waals surface area contributed by atoms with E-state index in [4.69, 9.17) is 16.3 Å². The van der Waals surface area contributed by atoms with Gasteiger partial charge in [-0.05, 0) is 65.4 Å². The number of quaternary nitrogens is 1. The van der Waals surface area contributed by atoms with Gasteiger partial charge in [0, 0.05) is 49.4 Å². The molecule has 0 spiro atoms. The number of carbonyl (C=O) groups excluding carboxylic acids is 2. The highest BCUT2D eigenvalue weighted by molar-refractivity contribution is 6.33. The maximum absolute atomic E-state index is 13.0. The molecule has 0 bridgehead atoms. The quantitative estimate of drug-likeness (QED) is 0.0701. The van der Waals surface area contributed by atoms with E-state index in [1.165, 1.54) is 12.1 Å². The average Bonchev–Trinajstić information content (AvgIpc) is 3.14. The minimum absolute atomic E-state index is 0.0671. The first-order valence-electron chi connectivity index (χ1n) is 18.2. The highest BCUT2D eigenvalue weighted by Crippen LogP contribution is 2.31. The zero-order valence-corrected chi connectivity index (χ0v) is 31.3. The number of pyridine rings is 1. The van der Waals surface area contributed by atoms with Crippen LogP contribution in [0.3, 0.4) is 0 Å². The smallest absolute Gasteiger partial charge is 0.411 e. The van der Waals surface area contributed by atoms with E-state index in [0.29, 0.717) is 46.7 Å². The van der Waals surface area contributed by atoms with Gasteiger partial charge in [-0.1, -0.05) is 66.2 Å². The molecule has 54 heavy (non-hydrogen) atoms. The largest absolute Gasteiger partial charge is 0.506 e. The number of aromatic hydroxyl groups is 1. The fourth-order valence-corrected chi connectivity index (χ4v) is 7.07. The van der Waals surface area contributed by atoms with Crippen LogP contribution in [0.4, 0.5) is 16.2 Å². The number of ether oxygens (including phenoxy) is 1. The van der Waals surface area contributed by atoms with Crippen LogP contribution in [-0.4, -0.2) is 71.5 Å². The van der Waals surface area contributed by atoms with Crippen molar-refractivity contribution in [1.29, 1.82) is 0 Å². The summed E-state index contributed by atoms with van der Waals surface area (Å²) in [6.07, 6.45) is 1.70. The molecule has 1 fully saturated rings. The molecular formula is C42H47ClN5O6+. The van der Waals surface area contributed by atoms with Crippen molar-refractivity contribution >= 4 is 45.9 Å². The molecule has 6 rings (SSSR count). The summed E-state index contributed by atoms with van der Waals surface area (Å²) in [7, 11) is 4.38. The van der Waals surface area contributed by atoms with Crippen LogP contribution in [0.2, 0.25) is 5.02 Å². The number of aliphatic hydroxyl groups excluding tert-OH is 1. The lowest BCUT2D eigenvalue weighted by Gasteiger charge is -2.36. The van der Waals surface area contributed by atoms with Gasteiger partial charge in [-0.3, -0.25) is 14.9 Å². The number of aromatic amines is 1. The van der Waals surface area contributed by atoms with Crippen LogP contribution >= 0.6 is 11.6 Å². The number of amides is 2. The van der Waals surface area contributed by atoms with E-state index >= 15 is 0 Å². The number of halogens is 1. The van der Waals surface area contributed by atoms with Crippen molar-refractivity contribution in [3.05, 3.63) is 123 Å². The lowest BCUT2D eigenvalue weighted by atomic mass is 9.99. The molecule has 12 heteroatoms. The van der Waals surface area contributed by atoms with E-state index in [9.17, 15) is 24.6 Å². The van der Waals surface area contributed by atoms with Crippen molar-refractivity contribution in [2.45, 2.75) is 50.9 Å². The van der Waals surface area contributed by atoms with Crippen molar-refractivity contribution in [2.75, 3.05) is 44.4 Å². The number of H-pyrrole nitrogens is 1. The van der Waals surface area contributed by atoms with E-state index in [0.717, 1.165) is 52.7 Å². The Balaban J connectivity index is 0.996. The molecule has 2 amide bonds. The number of anilines is 2. The summed E-state index contributed by atoms with van der Waals surface area (Å²) >= 11 is 6.54. The molecule has 4 aromatic carbocycles. The fraction of sp³-hybridized carbons (Fsp3) is 0.310. The summed E-state index contributed by atoms with van der Waals surface area (Å²) in [6, 6.07) is 27.2. The van der Waals surface area contributed by atoms with E-state index < -0.39 is 12.2 Å². The third kappa shape index (κ3) is 10.1. The van der Waals surface area contributed by atoms with Crippen LogP contribution in [0, 0.1) is 0 Å². The number of rotatable bonds is 13. The molecule has 1 aliphatic rings. The summed E-state index contributed by atoms with van der Waals surface area (Å²) in [5.74, 6) is -0.229. The predicted molar refractivity (Wildman–Crippen MR) is 213 cm³/mol. The lowest BCUT2D eigenvalue weighted by Crippen LogP contribution is -2.48. The second kappa shape index (κ2) is 17.3. The summed E-state index contributed by atoms with van der Waals surface area (Å²) < 4.78 is 6.75. The van der Waals surface area contributed by atoms with E-state index in [1.54, 1.807) is 24.3 Å². The van der Waals surface area contributed by atoms with Gasteiger partial charge in [0.05, 0.1) is 55.2 Å². The van der Waals surface area contributed by atoms with Crippen LogP contribution < -0.4 is 21.5 Å². The number of hydrogen-bond acceptors (Lipinski definition) is 7. The van der Waals surface area contributed by atoms with Gasteiger partial charge in [-0.15, -0.1) is 0 Å². The number of fused-ring (bicyclic) bond motifs is 1. The number of nitrogens with zero attached hydrogens (tertiary/aromatic N) is 1.